The minimum Gasteiger partial charge on any atom is -0.305 e. The zero-order valence-corrected chi connectivity index (χ0v) is 13.7. The van der Waals surface area contributed by atoms with Gasteiger partial charge in [-0.3, -0.25) is 0 Å². The van der Waals surface area contributed by atoms with E-state index in [1.165, 1.54) is 5.56 Å². The molecule has 2 nitrogen and oxygen atoms in total. The second kappa shape index (κ2) is 6.64. The molecule has 19 heavy (non-hydrogen) atoms. The number of nitrogens with one attached hydrogen (secondary N) is 1. The maximum atomic E-state index is 4.50. The Morgan fingerprint density at radius 3 is 2.63 bits per heavy atom. The van der Waals surface area contributed by atoms with E-state index >= 15 is 0 Å². The number of hydrogen-bond acceptors (Lipinski definition) is 3. The lowest BCUT2D eigenvalue weighted by Crippen LogP contribution is -2.41. The van der Waals surface area contributed by atoms with Gasteiger partial charge < -0.3 is 5.32 Å². The van der Waals surface area contributed by atoms with Crippen LogP contribution in [0, 0.1) is 0 Å². The summed E-state index contributed by atoms with van der Waals surface area (Å²) in [5.41, 5.74) is 1.24. The van der Waals surface area contributed by atoms with Gasteiger partial charge in [-0.2, -0.15) is 0 Å². The molecule has 0 fully saturated rings. The number of aromatic nitrogens is 1. The highest BCUT2D eigenvalue weighted by Gasteiger charge is 2.28. The summed E-state index contributed by atoms with van der Waals surface area (Å²) < 4.78 is 1.12. The molecule has 0 spiro atoms. The van der Waals surface area contributed by atoms with E-state index < -0.39 is 0 Å². The second-order valence-corrected chi connectivity index (χ2v) is 6.71. The van der Waals surface area contributed by atoms with Crippen molar-refractivity contribution in [1.82, 2.24) is 10.3 Å². The van der Waals surface area contributed by atoms with E-state index in [1.54, 1.807) is 11.3 Å². The summed E-state index contributed by atoms with van der Waals surface area (Å²) >= 11 is 5.20. The molecule has 1 atom stereocenters. The summed E-state index contributed by atoms with van der Waals surface area (Å²) in [5, 5.41) is 6.85. The fourth-order valence-electron chi connectivity index (χ4n) is 2.12. The molecule has 1 N–H and O–H groups in total. The standard InChI is InChI=1S/C15H19BrN2S/c1-3-8-18-15(2,14-17-9-10-19-14)11-12-4-6-13(16)7-5-12/h4-7,9-10,18H,3,8,11H2,1-2H3. The van der Waals surface area contributed by atoms with Crippen LogP contribution in [0.15, 0.2) is 40.3 Å². The summed E-state index contributed by atoms with van der Waals surface area (Å²) in [5.74, 6) is 0. The first-order valence-corrected chi connectivity index (χ1v) is 8.21. The number of hydrogen-bond donors (Lipinski definition) is 1. The molecule has 102 valence electrons. The third kappa shape index (κ3) is 3.88. The minimum absolute atomic E-state index is 0.0853. The van der Waals surface area contributed by atoms with Crippen LogP contribution in [-0.2, 0) is 12.0 Å². The molecule has 0 aliphatic carbocycles. The summed E-state index contributed by atoms with van der Waals surface area (Å²) in [6.07, 6.45) is 3.96. The van der Waals surface area contributed by atoms with Crippen molar-refractivity contribution in [2.45, 2.75) is 32.2 Å². The van der Waals surface area contributed by atoms with Crippen LogP contribution in [-0.4, -0.2) is 11.5 Å². The van der Waals surface area contributed by atoms with Crippen molar-refractivity contribution in [3.05, 3.63) is 50.9 Å². The van der Waals surface area contributed by atoms with E-state index in [9.17, 15) is 0 Å². The highest BCUT2D eigenvalue weighted by Crippen LogP contribution is 2.27. The Balaban J connectivity index is 2.20. The number of nitrogens with zero attached hydrogens (tertiary/aromatic N) is 1. The maximum Gasteiger partial charge on any atom is 0.113 e. The van der Waals surface area contributed by atoms with Crippen molar-refractivity contribution in [3.63, 3.8) is 0 Å². The third-order valence-electron chi connectivity index (χ3n) is 3.14. The third-order valence-corrected chi connectivity index (χ3v) is 4.71. The van der Waals surface area contributed by atoms with Crippen LogP contribution in [0.4, 0.5) is 0 Å². The Morgan fingerprint density at radius 1 is 1.32 bits per heavy atom. The van der Waals surface area contributed by atoms with E-state index in [0.717, 1.165) is 28.9 Å². The lowest BCUT2D eigenvalue weighted by Gasteiger charge is -2.29. The first-order chi connectivity index (χ1) is 9.14. The molecule has 0 aliphatic heterocycles. The summed E-state index contributed by atoms with van der Waals surface area (Å²) in [7, 11) is 0. The SMILES string of the molecule is CCCNC(C)(Cc1ccc(Br)cc1)c1nccs1. The maximum absolute atomic E-state index is 4.50. The van der Waals surface area contributed by atoms with Gasteiger partial charge in [0.1, 0.15) is 5.01 Å². The van der Waals surface area contributed by atoms with Crippen LogP contribution in [0.2, 0.25) is 0 Å². The second-order valence-electron chi connectivity index (χ2n) is 4.90. The predicted molar refractivity (Wildman–Crippen MR) is 85.6 cm³/mol. The van der Waals surface area contributed by atoms with Crippen molar-refractivity contribution >= 4 is 27.3 Å². The molecular formula is C15H19BrN2S. The Kier molecular flexibility index (Phi) is 5.13. The summed E-state index contributed by atoms with van der Waals surface area (Å²) in [6, 6.07) is 8.53. The van der Waals surface area contributed by atoms with Crippen LogP contribution < -0.4 is 5.32 Å². The number of thiazole rings is 1. The molecule has 0 saturated carbocycles. The fourth-order valence-corrected chi connectivity index (χ4v) is 3.16. The lowest BCUT2D eigenvalue weighted by atomic mass is 9.93. The monoisotopic (exact) mass is 338 g/mol. The molecule has 1 aromatic carbocycles. The Labute approximate surface area is 127 Å². The van der Waals surface area contributed by atoms with Crippen LogP contribution in [0.3, 0.4) is 0 Å². The number of benzene rings is 1. The van der Waals surface area contributed by atoms with Gasteiger partial charge in [0.15, 0.2) is 0 Å². The van der Waals surface area contributed by atoms with Gasteiger partial charge in [-0.1, -0.05) is 35.0 Å². The molecule has 0 amide bonds. The zero-order chi connectivity index (χ0) is 13.7. The summed E-state index contributed by atoms with van der Waals surface area (Å²) in [4.78, 5) is 4.50. The quantitative estimate of drug-likeness (QED) is 0.846. The van der Waals surface area contributed by atoms with Gasteiger partial charge in [-0.15, -0.1) is 11.3 Å². The zero-order valence-electron chi connectivity index (χ0n) is 11.3. The summed E-state index contributed by atoms with van der Waals surface area (Å²) in [6.45, 7) is 5.44. The minimum atomic E-state index is -0.0853. The van der Waals surface area contributed by atoms with Gasteiger partial charge >= 0.3 is 0 Å². The smallest absolute Gasteiger partial charge is 0.113 e. The Morgan fingerprint density at radius 2 is 2.05 bits per heavy atom. The topological polar surface area (TPSA) is 24.9 Å². The highest BCUT2D eigenvalue weighted by atomic mass is 79.9. The van der Waals surface area contributed by atoms with Gasteiger partial charge in [-0.25, -0.2) is 4.98 Å². The lowest BCUT2D eigenvalue weighted by molar-refractivity contribution is 0.362. The van der Waals surface area contributed by atoms with Crippen LogP contribution in [0.25, 0.3) is 0 Å². The first kappa shape index (κ1) is 14.7. The first-order valence-electron chi connectivity index (χ1n) is 6.53. The van der Waals surface area contributed by atoms with Crippen molar-refractivity contribution in [2.24, 2.45) is 0 Å². The van der Waals surface area contributed by atoms with E-state index in [0.29, 0.717) is 0 Å². The van der Waals surface area contributed by atoms with Gasteiger partial charge in [0.2, 0.25) is 0 Å². The molecule has 2 rings (SSSR count). The molecular weight excluding hydrogens is 320 g/mol. The average Bonchev–Trinajstić information content (AvgIpc) is 2.94. The van der Waals surface area contributed by atoms with Crippen molar-refractivity contribution in [2.75, 3.05) is 6.54 Å². The van der Waals surface area contributed by atoms with Crippen LogP contribution in [0.5, 0.6) is 0 Å². The van der Waals surface area contributed by atoms with E-state index in [4.69, 9.17) is 0 Å². The Bertz CT molecular complexity index is 495. The van der Waals surface area contributed by atoms with Gasteiger partial charge in [0, 0.05) is 16.0 Å². The Hall–Kier alpha value is -0.710. The molecule has 0 saturated heterocycles. The molecule has 1 unspecified atom stereocenters. The van der Waals surface area contributed by atoms with E-state index in [2.05, 4.69) is 64.3 Å². The number of halogens is 1. The largest absolute Gasteiger partial charge is 0.305 e. The molecule has 0 aliphatic rings. The molecule has 1 heterocycles. The van der Waals surface area contributed by atoms with E-state index in [-0.39, 0.29) is 5.54 Å². The highest BCUT2D eigenvalue weighted by molar-refractivity contribution is 9.10. The van der Waals surface area contributed by atoms with Crippen molar-refractivity contribution < 1.29 is 0 Å². The van der Waals surface area contributed by atoms with Crippen molar-refractivity contribution in [3.8, 4) is 0 Å². The molecule has 4 heteroatoms. The number of rotatable bonds is 6. The molecule has 0 radical (unpaired) electrons. The fraction of sp³-hybridized carbons (Fsp3) is 0.400. The van der Waals surface area contributed by atoms with E-state index in [1.807, 2.05) is 11.6 Å². The van der Waals surface area contributed by atoms with Crippen LogP contribution >= 0.6 is 27.3 Å². The molecule has 2 aromatic rings. The predicted octanol–water partition coefficient (Wildman–Crippen LogP) is 4.36. The van der Waals surface area contributed by atoms with Crippen LogP contribution in [0.1, 0.15) is 30.8 Å². The average molecular weight is 339 g/mol. The molecule has 0 bridgehead atoms. The normalized spacial score (nSPS) is 14.3. The van der Waals surface area contributed by atoms with Gasteiger partial charge in [0.25, 0.3) is 0 Å². The molecule has 1 aromatic heterocycles. The van der Waals surface area contributed by atoms with Gasteiger partial charge in [-0.05, 0) is 44.0 Å². The van der Waals surface area contributed by atoms with Crippen molar-refractivity contribution in [1.29, 1.82) is 0 Å². The van der Waals surface area contributed by atoms with Gasteiger partial charge in [0.05, 0.1) is 5.54 Å².